The lowest BCUT2D eigenvalue weighted by molar-refractivity contribution is 0.189. The van der Waals surface area contributed by atoms with Crippen LogP contribution < -0.4 is 5.32 Å². The maximum atomic E-state index is 13.0. The van der Waals surface area contributed by atoms with E-state index in [1.807, 2.05) is 6.92 Å². The summed E-state index contributed by atoms with van der Waals surface area (Å²) in [4.78, 5) is 2.19. The molecule has 6 heteroatoms. The number of benzene rings is 1. The normalized spacial score (nSPS) is 12.2. The van der Waals surface area contributed by atoms with Gasteiger partial charge in [-0.3, -0.25) is 0 Å². The van der Waals surface area contributed by atoms with Gasteiger partial charge in [-0.1, -0.05) is 23.7 Å². The molecule has 2 rings (SSSR count). The monoisotopic (exact) mass is 352 g/mol. The topological polar surface area (TPSA) is 33.1 Å². The van der Waals surface area contributed by atoms with Gasteiger partial charge in [-0.25, -0.2) is 9.07 Å². The zero-order valence-corrected chi connectivity index (χ0v) is 15.8. The van der Waals surface area contributed by atoms with Gasteiger partial charge in [-0.15, -0.1) is 0 Å². The van der Waals surface area contributed by atoms with Gasteiger partial charge in [0.25, 0.3) is 0 Å². The first-order valence-electron chi connectivity index (χ1n) is 8.05. The second-order valence-corrected chi connectivity index (χ2v) is 7.31. The molecule has 24 heavy (non-hydrogen) atoms. The van der Waals surface area contributed by atoms with Crippen molar-refractivity contribution in [1.82, 2.24) is 20.0 Å². The SMILES string of the molecule is Cc1nn(Cc2ccc(F)cc2)c(Cl)c1CNCC(C)(C)N(C)C. The molecule has 0 saturated heterocycles. The Kier molecular flexibility index (Phi) is 6.01. The first-order chi connectivity index (χ1) is 11.2. The molecule has 0 atom stereocenters. The van der Waals surface area contributed by atoms with Crippen molar-refractivity contribution >= 4 is 11.6 Å². The number of aryl methyl sites for hydroxylation is 1. The van der Waals surface area contributed by atoms with Crippen molar-refractivity contribution in [3.8, 4) is 0 Å². The molecule has 4 nitrogen and oxygen atoms in total. The zero-order chi connectivity index (χ0) is 17.9. The van der Waals surface area contributed by atoms with Gasteiger partial charge < -0.3 is 10.2 Å². The fourth-order valence-corrected chi connectivity index (χ4v) is 2.61. The minimum Gasteiger partial charge on any atom is -0.311 e. The lowest BCUT2D eigenvalue weighted by Crippen LogP contribution is -2.46. The quantitative estimate of drug-likeness (QED) is 0.828. The summed E-state index contributed by atoms with van der Waals surface area (Å²) in [7, 11) is 4.14. The molecule has 0 aliphatic carbocycles. The maximum absolute atomic E-state index is 13.0. The number of halogens is 2. The number of likely N-dealkylation sites (N-methyl/N-ethyl adjacent to an activating group) is 1. The van der Waals surface area contributed by atoms with Crippen molar-refractivity contribution in [1.29, 1.82) is 0 Å². The minimum atomic E-state index is -0.241. The molecule has 1 N–H and O–H groups in total. The number of rotatable bonds is 7. The molecule has 0 aliphatic heterocycles. The van der Waals surface area contributed by atoms with E-state index < -0.39 is 0 Å². The van der Waals surface area contributed by atoms with Crippen LogP contribution in [0.3, 0.4) is 0 Å². The largest absolute Gasteiger partial charge is 0.311 e. The molecule has 0 bridgehead atoms. The van der Waals surface area contributed by atoms with Crippen LogP contribution in [0.15, 0.2) is 24.3 Å². The number of hydrogen-bond acceptors (Lipinski definition) is 3. The molecule has 0 amide bonds. The van der Waals surface area contributed by atoms with Crippen molar-refractivity contribution in [3.63, 3.8) is 0 Å². The lowest BCUT2D eigenvalue weighted by atomic mass is 10.0. The van der Waals surface area contributed by atoms with Crippen LogP contribution in [-0.4, -0.2) is 40.9 Å². The van der Waals surface area contributed by atoms with E-state index >= 15 is 0 Å². The van der Waals surface area contributed by atoms with E-state index in [1.54, 1.807) is 16.8 Å². The fourth-order valence-electron chi connectivity index (χ4n) is 2.31. The van der Waals surface area contributed by atoms with Crippen LogP contribution in [0.4, 0.5) is 4.39 Å². The van der Waals surface area contributed by atoms with Gasteiger partial charge in [-0.2, -0.15) is 5.10 Å². The maximum Gasteiger partial charge on any atom is 0.132 e. The van der Waals surface area contributed by atoms with E-state index in [9.17, 15) is 4.39 Å². The Labute approximate surface area is 148 Å². The van der Waals surface area contributed by atoms with Gasteiger partial charge >= 0.3 is 0 Å². The first-order valence-corrected chi connectivity index (χ1v) is 8.43. The van der Waals surface area contributed by atoms with Gasteiger partial charge in [0, 0.05) is 24.2 Å². The van der Waals surface area contributed by atoms with Gasteiger partial charge in [0.05, 0.1) is 12.2 Å². The number of aromatic nitrogens is 2. The summed E-state index contributed by atoms with van der Waals surface area (Å²) in [5, 5.41) is 8.61. The summed E-state index contributed by atoms with van der Waals surface area (Å²) >= 11 is 6.50. The Hall–Kier alpha value is -1.43. The van der Waals surface area contributed by atoms with E-state index in [2.05, 4.69) is 43.3 Å². The number of nitrogens with zero attached hydrogens (tertiary/aromatic N) is 3. The van der Waals surface area contributed by atoms with Crippen LogP contribution in [0, 0.1) is 12.7 Å². The van der Waals surface area contributed by atoms with Crippen LogP contribution in [-0.2, 0) is 13.1 Å². The van der Waals surface area contributed by atoms with Gasteiger partial charge in [0.2, 0.25) is 0 Å². The van der Waals surface area contributed by atoms with Crippen molar-refractivity contribution in [2.24, 2.45) is 0 Å². The van der Waals surface area contributed by atoms with E-state index in [4.69, 9.17) is 11.6 Å². The van der Waals surface area contributed by atoms with Crippen molar-refractivity contribution in [3.05, 3.63) is 52.1 Å². The van der Waals surface area contributed by atoms with Gasteiger partial charge in [0.1, 0.15) is 11.0 Å². The third-order valence-corrected chi connectivity index (χ3v) is 4.92. The Morgan fingerprint density at radius 2 is 1.88 bits per heavy atom. The highest BCUT2D eigenvalue weighted by atomic mass is 35.5. The first kappa shape index (κ1) is 18.9. The number of hydrogen-bond donors (Lipinski definition) is 1. The van der Waals surface area contributed by atoms with Gasteiger partial charge in [0.15, 0.2) is 0 Å². The average Bonchev–Trinajstić information content (AvgIpc) is 2.76. The summed E-state index contributed by atoms with van der Waals surface area (Å²) in [6.45, 7) is 8.38. The lowest BCUT2D eigenvalue weighted by Gasteiger charge is -2.32. The molecule has 0 radical (unpaired) electrons. The second kappa shape index (κ2) is 7.64. The highest BCUT2D eigenvalue weighted by molar-refractivity contribution is 6.30. The van der Waals surface area contributed by atoms with E-state index in [-0.39, 0.29) is 11.4 Å². The summed E-state index contributed by atoms with van der Waals surface area (Å²) in [5.74, 6) is -0.241. The third-order valence-electron chi connectivity index (χ3n) is 4.50. The van der Waals surface area contributed by atoms with Crippen molar-refractivity contribution < 1.29 is 4.39 Å². The van der Waals surface area contributed by atoms with Gasteiger partial charge in [-0.05, 0) is 52.6 Å². The zero-order valence-electron chi connectivity index (χ0n) is 15.0. The molecular weight excluding hydrogens is 327 g/mol. The highest BCUT2D eigenvalue weighted by Crippen LogP contribution is 2.21. The van der Waals surface area contributed by atoms with E-state index in [0.29, 0.717) is 18.2 Å². The molecule has 1 aromatic carbocycles. The molecule has 1 aromatic heterocycles. The molecule has 0 saturated carbocycles. The second-order valence-electron chi connectivity index (χ2n) is 6.95. The number of nitrogens with one attached hydrogen (secondary N) is 1. The Balaban J connectivity index is 2.04. The predicted molar refractivity (Wildman–Crippen MR) is 96.9 cm³/mol. The molecule has 0 aliphatic rings. The van der Waals surface area contributed by atoms with E-state index in [1.165, 1.54) is 12.1 Å². The minimum absolute atomic E-state index is 0.0600. The predicted octanol–water partition coefficient (Wildman–Crippen LogP) is 3.46. The molecule has 132 valence electrons. The van der Waals surface area contributed by atoms with Crippen LogP contribution in [0.2, 0.25) is 5.15 Å². The molecule has 0 spiro atoms. The van der Waals surface area contributed by atoms with Crippen LogP contribution in [0.25, 0.3) is 0 Å². The summed E-state index contributed by atoms with van der Waals surface area (Å²) in [6.07, 6.45) is 0. The molecule has 2 aromatic rings. The third kappa shape index (κ3) is 4.56. The highest BCUT2D eigenvalue weighted by Gasteiger charge is 2.20. The summed E-state index contributed by atoms with van der Waals surface area (Å²) < 4.78 is 14.8. The van der Waals surface area contributed by atoms with Crippen molar-refractivity contribution in [2.75, 3.05) is 20.6 Å². The van der Waals surface area contributed by atoms with Crippen molar-refractivity contribution in [2.45, 2.75) is 39.4 Å². The van der Waals surface area contributed by atoms with E-state index in [0.717, 1.165) is 23.4 Å². The van der Waals surface area contributed by atoms with Crippen LogP contribution in [0.1, 0.15) is 30.7 Å². The smallest absolute Gasteiger partial charge is 0.132 e. The molecular formula is C18H26ClFN4. The molecule has 0 unspecified atom stereocenters. The molecule has 0 fully saturated rings. The Bertz CT molecular complexity index is 677. The summed E-state index contributed by atoms with van der Waals surface area (Å²) in [6, 6.07) is 6.40. The Morgan fingerprint density at radius 1 is 1.25 bits per heavy atom. The molecule has 1 heterocycles. The van der Waals surface area contributed by atoms with Crippen LogP contribution >= 0.6 is 11.6 Å². The fraction of sp³-hybridized carbons (Fsp3) is 0.500. The standard InChI is InChI=1S/C18H26ClFN4/c1-13-16(10-21-12-18(2,3)23(4)5)17(19)24(22-13)11-14-6-8-15(20)9-7-14/h6-9,21H,10-12H2,1-5H3. The average molecular weight is 353 g/mol. The Morgan fingerprint density at radius 3 is 2.46 bits per heavy atom. The van der Waals surface area contributed by atoms with Crippen LogP contribution in [0.5, 0.6) is 0 Å². The summed E-state index contributed by atoms with van der Waals surface area (Å²) in [5.41, 5.74) is 2.95.